The average Bonchev–Trinajstić information content (AvgIpc) is 2.69. The summed E-state index contributed by atoms with van der Waals surface area (Å²) in [5, 5.41) is 0. The molecule has 0 fully saturated rings. The monoisotopic (exact) mass is 400 g/mol. The van der Waals surface area contributed by atoms with Crippen molar-refractivity contribution >= 4 is 0 Å². The Bertz CT molecular complexity index is 835. The highest BCUT2D eigenvalue weighted by Gasteiger charge is 2.10. The van der Waals surface area contributed by atoms with Crippen LogP contribution in [-0.4, -0.2) is 0 Å². The minimum atomic E-state index is 0.717. The quantitative estimate of drug-likeness (QED) is 0.164. The molecule has 160 valence electrons. The van der Waals surface area contributed by atoms with Crippen molar-refractivity contribution in [1.29, 1.82) is 0 Å². The predicted octanol–water partition coefficient (Wildman–Crippen LogP) is 9.16. The van der Waals surface area contributed by atoms with Crippen molar-refractivity contribution in [2.75, 3.05) is 0 Å². The van der Waals surface area contributed by atoms with Gasteiger partial charge in [-0.25, -0.2) is 0 Å². The normalized spacial score (nSPS) is 13.3. The fraction of sp³-hybridized carbons (Fsp3) is 0.333. The van der Waals surface area contributed by atoms with Crippen LogP contribution in [0.3, 0.4) is 0 Å². The predicted molar refractivity (Wildman–Crippen MR) is 138 cm³/mol. The van der Waals surface area contributed by atoms with E-state index in [-0.39, 0.29) is 0 Å². The van der Waals surface area contributed by atoms with Gasteiger partial charge < -0.3 is 0 Å². The van der Waals surface area contributed by atoms with Crippen molar-refractivity contribution in [3.63, 3.8) is 0 Å². The van der Waals surface area contributed by atoms with Gasteiger partial charge in [0.25, 0.3) is 0 Å². The molecule has 0 saturated heterocycles. The van der Waals surface area contributed by atoms with Gasteiger partial charge in [0.2, 0.25) is 0 Å². The molecular formula is C30H40. The SMILES string of the molecule is C#C/C(C)=C/C(C/C=C/C)=C(\C)C/C(=C\C(=C)C)C(=C)CC(=C)C(=C)C/C=C\CC. The lowest BCUT2D eigenvalue weighted by Gasteiger charge is -2.16. The largest absolute Gasteiger partial charge is 0.115 e. The van der Waals surface area contributed by atoms with E-state index in [0.717, 1.165) is 53.5 Å². The molecule has 0 saturated carbocycles. The first-order valence-corrected chi connectivity index (χ1v) is 10.7. The van der Waals surface area contributed by atoms with Gasteiger partial charge in [0, 0.05) is 0 Å². The maximum atomic E-state index is 5.57. The highest BCUT2D eigenvalue weighted by atomic mass is 14.2. The van der Waals surface area contributed by atoms with Gasteiger partial charge in [-0.15, -0.1) is 6.42 Å². The third kappa shape index (κ3) is 11.3. The van der Waals surface area contributed by atoms with Crippen LogP contribution in [0.1, 0.15) is 66.7 Å². The van der Waals surface area contributed by atoms with Crippen LogP contribution < -0.4 is 0 Å². The molecule has 0 aliphatic carbocycles. The van der Waals surface area contributed by atoms with Crippen molar-refractivity contribution in [3.05, 3.63) is 107 Å². The molecule has 0 amide bonds. The smallest absolute Gasteiger partial charge is 0.00106 e. The molecule has 0 atom stereocenters. The van der Waals surface area contributed by atoms with Crippen molar-refractivity contribution in [2.45, 2.75) is 66.7 Å². The van der Waals surface area contributed by atoms with Gasteiger partial charge in [0.05, 0.1) is 0 Å². The van der Waals surface area contributed by atoms with E-state index < -0.39 is 0 Å². The highest BCUT2D eigenvalue weighted by molar-refractivity contribution is 5.45. The summed E-state index contributed by atoms with van der Waals surface area (Å²) in [4.78, 5) is 0. The van der Waals surface area contributed by atoms with Crippen LogP contribution in [0.4, 0.5) is 0 Å². The highest BCUT2D eigenvalue weighted by Crippen LogP contribution is 2.29. The molecule has 0 heterocycles. The Labute approximate surface area is 186 Å². The summed E-state index contributed by atoms with van der Waals surface area (Å²) in [5.41, 5.74) is 8.82. The van der Waals surface area contributed by atoms with E-state index in [4.69, 9.17) is 6.42 Å². The number of rotatable bonds is 13. The Balaban J connectivity index is 5.68. The van der Waals surface area contributed by atoms with Gasteiger partial charge in [-0.3, -0.25) is 0 Å². The van der Waals surface area contributed by atoms with E-state index in [1.54, 1.807) is 0 Å². The lowest BCUT2D eigenvalue weighted by atomic mass is 9.89. The molecule has 30 heavy (non-hydrogen) atoms. The van der Waals surface area contributed by atoms with Crippen molar-refractivity contribution < 1.29 is 0 Å². The fourth-order valence-corrected chi connectivity index (χ4v) is 2.91. The third-order valence-electron chi connectivity index (χ3n) is 4.76. The lowest BCUT2D eigenvalue weighted by Crippen LogP contribution is -1.97. The first-order chi connectivity index (χ1) is 14.2. The van der Waals surface area contributed by atoms with Crippen LogP contribution in [0.15, 0.2) is 107 Å². The van der Waals surface area contributed by atoms with E-state index >= 15 is 0 Å². The van der Waals surface area contributed by atoms with Gasteiger partial charge in [-0.2, -0.15) is 0 Å². The van der Waals surface area contributed by atoms with Crippen LogP contribution in [0.2, 0.25) is 0 Å². The van der Waals surface area contributed by atoms with Gasteiger partial charge in [0.15, 0.2) is 0 Å². The number of allylic oxidation sites excluding steroid dienone is 14. The van der Waals surface area contributed by atoms with Crippen molar-refractivity contribution in [1.82, 2.24) is 0 Å². The van der Waals surface area contributed by atoms with E-state index in [2.05, 4.69) is 82.5 Å². The Morgan fingerprint density at radius 1 is 0.833 bits per heavy atom. The summed E-state index contributed by atoms with van der Waals surface area (Å²) in [6.07, 6.45) is 22.6. The van der Waals surface area contributed by atoms with E-state index in [0.29, 0.717) is 6.42 Å². The third-order valence-corrected chi connectivity index (χ3v) is 4.76. The van der Waals surface area contributed by atoms with Crippen molar-refractivity contribution in [2.24, 2.45) is 0 Å². The van der Waals surface area contributed by atoms with E-state index in [9.17, 15) is 0 Å². The zero-order chi connectivity index (χ0) is 23.1. The first-order valence-electron chi connectivity index (χ1n) is 10.7. The van der Waals surface area contributed by atoms with Gasteiger partial charge in [-0.1, -0.05) is 80.7 Å². The van der Waals surface area contributed by atoms with Crippen molar-refractivity contribution in [3.8, 4) is 12.3 Å². The van der Waals surface area contributed by atoms with Gasteiger partial charge in [0.1, 0.15) is 0 Å². The second-order valence-corrected chi connectivity index (χ2v) is 7.81. The number of hydrogen-bond donors (Lipinski definition) is 0. The minimum absolute atomic E-state index is 0.717. The van der Waals surface area contributed by atoms with Crippen LogP contribution in [0.25, 0.3) is 0 Å². The molecule has 0 aliphatic heterocycles. The van der Waals surface area contributed by atoms with Gasteiger partial charge in [-0.05, 0) is 99.3 Å². The Kier molecular flexibility index (Phi) is 13.7. The van der Waals surface area contributed by atoms with Crippen LogP contribution in [0, 0.1) is 12.3 Å². The summed E-state index contributed by atoms with van der Waals surface area (Å²) in [5.74, 6) is 2.72. The maximum Gasteiger partial charge on any atom is -0.00106 e. The zero-order valence-electron chi connectivity index (χ0n) is 19.9. The lowest BCUT2D eigenvalue weighted by molar-refractivity contribution is 1.02. The van der Waals surface area contributed by atoms with Gasteiger partial charge >= 0.3 is 0 Å². The molecule has 0 spiro atoms. The molecule has 0 N–H and O–H groups in total. The topological polar surface area (TPSA) is 0 Å². The molecule has 0 heteroatoms. The Morgan fingerprint density at radius 3 is 2.03 bits per heavy atom. The molecule has 0 rings (SSSR count). The molecule has 0 aromatic heterocycles. The molecular weight excluding hydrogens is 360 g/mol. The first kappa shape index (κ1) is 27.2. The molecule has 0 aromatic carbocycles. The Morgan fingerprint density at radius 2 is 1.50 bits per heavy atom. The molecule has 0 radical (unpaired) electrons. The number of hydrogen-bond acceptors (Lipinski definition) is 0. The standard InChI is InChI=1S/C30H40/c1-11-14-16-17-25(7)26(8)21-27(9)30(19-23(4)5)22-28(10)29(18-15-12-2)20-24(6)13-3/h3,12,14-16,19-20H,4,7-9,11,17-18,21-22H2,1-2,5-6,10H3/b15-12+,16-14-,24-20+,29-28+,30-19+. The maximum absolute atomic E-state index is 5.57. The summed E-state index contributed by atoms with van der Waals surface area (Å²) >= 11 is 0. The molecule has 0 nitrogen and oxygen atoms in total. The number of terminal acetylenes is 1. The average molecular weight is 401 g/mol. The molecule has 0 unspecified atom stereocenters. The molecule has 0 aromatic rings. The Hall–Kier alpha value is -2.78. The van der Waals surface area contributed by atoms with E-state index in [1.165, 1.54) is 16.7 Å². The molecule has 0 bridgehead atoms. The molecule has 0 aliphatic rings. The summed E-state index contributed by atoms with van der Waals surface area (Å²) in [7, 11) is 0. The zero-order valence-corrected chi connectivity index (χ0v) is 19.9. The second kappa shape index (κ2) is 15.1. The summed E-state index contributed by atoms with van der Waals surface area (Å²) in [6.45, 7) is 27.2. The summed E-state index contributed by atoms with van der Waals surface area (Å²) < 4.78 is 0. The van der Waals surface area contributed by atoms with Crippen LogP contribution in [0.5, 0.6) is 0 Å². The summed E-state index contributed by atoms with van der Waals surface area (Å²) in [6, 6.07) is 0. The fourth-order valence-electron chi connectivity index (χ4n) is 2.91. The van der Waals surface area contributed by atoms with E-state index in [1.807, 2.05) is 20.8 Å². The van der Waals surface area contributed by atoms with Crippen LogP contribution >= 0.6 is 0 Å². The second-order valence-electron chi connectivity index (χ2n) is 7.81. The van der Waals surface area contributed by atoms with Crippen LogP contribution in [-0.2, 0) is 0 Å². The minimum Gasteiger partial charge on any atom is -0.115 e.